The van der Waals surface area contributed by atoms with Gasteiger partial charge < -0.3 is 14.1 Å². The number of hydrogen-bond donors (Lipinski definition) is 0. The number of carbonyl (C=O) groups is 1. The summed E-state index contributed by atoms with van der Waals surface area (Å²) in [5.41, 5.74) is 4.80. The molecule has 5 nitrogen and oxygen atoms in total. The van der Waals surface area contributed by atoms with E-state index in [2.05, 4.69) is 6.58 Å². The lowest BCUT2D eigenvalue weighted by Crippen LogP contribution is -2.21. The van der Waals surface area contributed by atoms with Crippen molar-refractivity contribution >= 4 is 28.2 Å². The van der Waals surface area contributed by atoms with E-state index in [4.69, 9.17) is 9.15 Å². The summed E-state index contributed by atoms with van der Waals surface area (Å²) in [7, 11) is 9.36. The summed E-state index contributed by atoms with van der Waals surface area (Å²) in [5.74, 6) is 0.340. The lowest BCUT2D eigenvalue weighted by Gasteiger charge is -2.20. The first-order valence-electron chi connectivity index (χ1n) is 10.1. The zero-order valence-corrected chi connectivity index (χ0v) is 19.0. The molecule has 0 radical (unpaired) electrons. The van der Waals surface area contributed by atoms with Gasteiger partial charge in [0.2, 0.25) is 5.36 Å². The second-order valence-electron chi connectivity index (χ2n) is 7.64. The van der Waals surface area contributed by atoms with Gasteiger partial charge in [0, 0.05) is 48.4 Å². The van der Waals surface area contributed by atoms with Crippen LogP contribution in [-0.2, 0) is 9.53 Å². The van der Waals surface area contributed by atoms with Crippen molar-refractivity contribution < 1.29 is 13.9 Å². The predicted octanol–water partition coefficient (Wildman–Crippen LogP) is 4.32. The Labute approximate surface area is 183 Å². The third-order valence-corrected chi connectivity index (χ3v) is 5.26. The highest BCUT2D eigenvalue weighted by atomic mass is 16.5. The van der Waals surface area contributed by atoms with Crippen LogP contribution in [0.25, 0.3) is 27.9 Å². The maximum atomic E-state index is 12.6. The second-order valence-corrected chi connectivity index (χ2v) is 7.64. The maximum absolute atomic E-state index is 12.6. The zero-order valence-electron chi connectivity index (χ0n) is 19.0. The number of benzene rings is 2. The van der Waals surface area contributed by atoms with E-state index in [1.807, 2.05) is 87.1 Å². The topological polar surface area (TPSA) is 45.7 Å². The third kappa shape index (κ3) is 4.17. The Morgan fingerprint density at radius 3 is 2.48 bits per heavy atom. The number of hydrogen-bond acceptors (Lipinski definition) is 4. The summed E-state index contributed by atoms with van der Waals surface area (Å²) in [6.45, 7) is 5.70. The predicted molar refractivity (Wildman–Crippen MR) is 128 cm³/mol. The Morgan fingerprint density at radius 2 is 1.90 bits per heavy atom. The summed E-state index contributed by atoms with van der Waals surface area (Å²) in [6.07, 6.45) is 5.30. The Hall–Kier alpha value is -3.60. The number of allylic oxidation sites excluding steroid dienone is 3. The first kappa shape index (κ1) is 22.1. The number of carbonyl (C=O) groups excluding carboxylic acids is 1. The molecule has 1 aliphatic carbocycles. The molecule has 1 aromatic rings. The molecule has 0 N–H and O–H groups in total. The highest BCUT2D eigenvalue weighted by Crippen LogP contribution is 2.40. The minimum Gasteiger partial charge on any atom is -0.465 e. The van der Waals surface area contributed by atoms with Crippen molar-refractivity contribution in [3.63, 3.8) is 0 Å². The van der Waals surface area contributed by atoms with Crippen LogP contribution in [0.1, 0.15) is 12.5 Å². The van der Waals surface area contributed by atoms with E-state index in [0.29, 0.717) is 5.57 Å². The monoisotopic (exact) mass is 417 g/mol. The van der Waals surface area contributed by atoms with Crippen molar-refractivity contribution in [3.8, 4) is 11.3 Å². The highest BCUT2D eigenvalue weighted by Gasteiger charge is 2.24. The standard InChI is InChI=1S/C26H29N2O3/c1-8-10-20(19(9-2)26(29)30-7)25-21-13-11-17(27(3)4)15-23(21)31-24-16-18(28(5)6)12-14-22(24)25/h8-16H,1H2,2-7H3/q+1/b19-9+,20-10+. The molecule has 3 rings (SSSR count). The average Bonchev–Trinajstić information content (AvgIpc) is 2.76. The highest BCUT2D eigenvalue weighted by molar-refractivity contribution is 6.12. The van der Waals surface area contributed by atoms with Crippen LogP contribution < -0.4 is 14.8 Å². The van der Waals surface area contributed by atoms with E-state index in [-0.39, 0.29) is 0 Å². The van der Waals surface area contributed by atoms with Gasteiger partial charge in [-0.05, 0) is 30.7 Å². The molecule has 5 heteroatoms. The van der Waals surface area contributed by atoms with Gasteiger partial charge in [-0.2, -0.15) is 0 Å². The average molecular weight is 418 g/mol. The van der Waals surface area contributed by atoms with Gasteiger partial charge >= 0.3 is 5.97 Å². The van der Waals surface area contributed by atoms with Gasteiger partial charge in [0.1, 0.15) is 25.4 Å². The van der Waals surface area contributed by atoms with Crippen molar-refractivity contribution in [2.75, 3.05) is 40.2 Å². The molecule has 31 heavy (non-hydrogen) atoms. The molecule has 1 aromatic carbocycles. The molecule has 0 bridgehead atoms. The van der Waals surface area contributed by atoms with Gasteiger partial charge in [0.25, 0.3) is 0 Å². The summed E-state index contributed by atoms with van der Waals surface area (Å²) < 4.78 is 13.4. The van der Waals surface area contributed by atoms with E-state index in [9.17, 15) is 4.79 Å². The molecule has 0 fully saturated rings. The van der Waals surface area contributed by atoms with Crippen LogP contribution >= 0.6 is 0 Å². The van der Waals surface area contributed by atoms with Gasteiger partial charge in [0.05, 0.1) is 18.7 Å². The molecular formula is C26H29N2O3+. The number of anilines is 1. The van der Waals surface area contributed by atoms with Crippen molar-refractivity contribution in [3.05, 3.63) is 77.7 Å². The maximum Gasteiger partial charge on any atom is 0.338 e. The Balaban J connectivity index is 2.52. The normalized spacial score (nSPS) is 12.2. The first-order valence-corrected chi connectivity index (χ1v) is 10.1. The van der Waals surface area contributed by atoms with Gasteiger partial charge in [-0.25, -0.2) is 9.37 Å². The van der Waals surface area contributed by atoms with Crippen LogP contribution in [0.4, 0.5) is 5.69 Å². The fourth-order valence-electron chi connectivity index (χ4n) is 3.63. The van der Waals surface area contributed by atoms with Crippen molar-refractivity contribution in [2.24, 2.45) is 0 Å². The fraction of sp³-hybridized carbons (Fsp3) is 0.231. The lowest BCUT2D eigenvalue weighted by molar-refractivity contribution is -0.135. The van der Waals surface area contributed by atoms with Gasteiger partial charge in [-0.3, -0.25) is 0 Å². The number of fused-ring (bicyclic) bond motifs is 2. The second kappa shape index (κ2) is 9.04. The van der Waals surface area contributed by atoms with Crippen LogP contribution in [0.3, 0.4) is 0 Å². The van der Waals surface area contributed by atoms with E-state index in [1.54, 1.807) is 12.2 Å². The summed E-state index contributed by atoms with van der Waals surface area (Å²) in [6, 6.07) is 12.2. The molecule has 0 atom stereocenters. The van der Waals surface area contributed by atoms with Crippen LogP contribution in [0.2, 0.25) is 0 Å². The summed E-state index contributed by atoms with van der Waals surface area (Å²) in [4.78, 5) is 14.6. The van der Waals surface area contributed by atoms with E-state index in [1.165, 1.54) is 7.11 Å². The van der Waals surface area contributed by atoms with Crippen LogP contribution in [0.5, 0.6) is 0 Å². The largest absolute Gasteiger partial charge is 0.465 e. The quantitative estimate of drug-likeness (QED) is 0.204. The van der Waals surface area contributed by atoms with Gasteiger partial charge in [0.15, 0.2) is 0 Å². The molecule has 0 amide bonds. The minimum atomic E-state index is -0.396. The van der Waals surface area contributed by atoms with Crippen LogP contribution in [-0.4, -0.2) is 41.3 Å². The van der Waals surface area contributed by atoms with Crippen molar-refractivity contribution in [1.82, 2.24) is 4.58 Å². The molecule has 0 spiro atoms. The smallest absolute Gasteiger partial charge is 0.338 e. The summed E-state index contributed by atoms with van der Waals surface area (Å²) >= 11 is 0. The van der Waals surface area contributed by atoms with E-state index < -0.39 is 5.97 Å². The molecule has 0 aromatic heterocycles. The summed E-state index contributed by atoms with van der Waals surface area (Å²) in [5, 5.41) is 1.94. The fourth-order valence-corrected chi connectivity index (χ4v) is 3.63. The molecule has 1 heterocycles. The Kier molecular flexibility index (Phi) is 6.44. The van der Waals surface area contributed by atoms with E-state index in [0.717, 1.165) is 44.5 Å². The van der Waals surface area contributed by atoms with Gasteiger partial charge in [-0.1, -0.05) is 24.8 Å². The SMILES string of the molecule is C=C/C=C(\C(=C/C)C(=O)OC)c1c2ccc(=[N+](C)C)cc-2oc2cc(N(C)C)ccc12. The van der Waals surface area contributed by atoms with Crippen molar-refractivity contribution in [2.45, 2.75) is 6.92 Å². The number of rotatable bonds is 5. The minimum absolute atomic E-state index is 0.396. The molecule has 2 aliphatic rings. The molecule has 160 valence electrons. The Morgan fingerprint density at radius 1 is 1.16 bits per heavy atom. The Bertz CT molecular complexity index is 1260. The van der Waals surface area contributed by atoms with Crippen LogP contribution in [0.15, 0.2) is 71.2 Å². The first-order chi connectivity index (χ1) is 14.8. The molecule has 0 saturated heterocycles. The van der Waals surface area contributed by atoms with Gasteiger partial charge in [-0.15, -0.1) is 0 Å². The number of nitrogens with zero attached hydrogens (tertiary/aromatic N) is 2. The molecule has 1 aliphatic heterocycles. The number of methoxy groups -OCH3 is 1. The zero-order chi connectivity index (χ0) is 22.7. The van der Waals surface area contributed by atoms with Crippen molar-refractivity contribution in [1.29, 1.82) is 0 Å². The number of ether oxygens (including phenoxy) is 1. The van der Waals surface area contributed by atoms with Crippen LogP contribution in [0, 0.1) is 0 Å². The molecular weight excluding hydrogens is 388 g/mol. The molecule has 0 saturated carbocycles. The number of esters is 1. The molecule has 0 unspecified atom stereocenters. The van der Waals surface area contributed by atoms with E-state index >= 15 is 0 Å². The third-order valence-electron chi connectivity index (χ3n) is 5.26. The lowest BCUT2D eigenvalue weighted by atomic mass is 9.88.